The minimum Gasteiger partial charge on any atom is -0.296 e. The molecule has 3 nitrogen and oxygen atoms in total. The predicted octanol–water partition coefficient (Wildman–Crippen LogP) is 1.37. The molecule has 2 rings (SSSR count). The summed E-state index contributed by atoms with van der Waals surface area (Å²) in [6, 6.07) is 0.231. The number of nitrogens with zero attached hydrogens (tertiary/aromatic N) is 3. The van der Waals surface area contributed by atoms with Gasteiger partial charge in [0.2, 0.25) is 0 Å². The minimum absolute atomic E-state index is 0.231. The predicted molar refractivity (Wildman–Crippen MR) is 51.1 cm³/mol. The normalized spacial score (nSPS) is 19.5. The molecule has 1 aromatic rings. The number of likely N-dealkylation sites (tertiary alicyclic amines) is 1. The van der Waals surface area contributed by atoms with E-state index in [2.05, 4.69) is 21.8 Å². The van der Waals surface area contributed by atoms with Gasteiger partial charge in [-0.2, -0.15) is 0 Å². The van der Waals surface area contributed by atoms with Crippen LogP contribution in [0.1, 0.15) is 23.9 Å². The van der Waals surface area contributed by atoms with E-state index in [0.29, 0.717) is 0 Å². The summed E-state index contributed by atoms with van der Waals surface area (Å²) >= 11 is 0. The van der Waals surface area contributed by atoms with Crippen LogP contribution in [0.4, 0.5) is 0 Å². The first-order chi connectivity index (χ1) is 6.27. The summed E-state index contributed by atoms with van der Waals surface area (Å²) in [5, 5.41) is 0. The van der Waals surface area contributed by atoms with Crippen LogP contribution in [-0.2, 0) is 0 Å². The Bertz CT molecular complexity index is 277. The van der Waals surface area contributed by atoms with E-state index in [0.717, 1.165) is 24.5 Å². The fourth-order valence-corrected chi connectivity index (χ4v) is 1.44. The molecule has 0 bridgehead atoms. The summed E-state index contributed by atoms with van der Waals surface area (Å²) in [4.78, 5) is 10.7. The second kappa shape index (κ2) is 3.42. The lowest BCUT2D eigenvalue weighted by Crippen LogP contribution is -2.39. The molecule has 1 aromatic heterocycles. The summed E-state index contributed by atoms with van der Waals surface area (Å²) in [6.45, 7) is 8.31. The monoisotopic (exact) mass is 176 g/mol. The lowest BCUT2D eigenvalue weighted by atomic mass is 10.1. The molecular formula is C10H14N3. The van der Waals surface area contributed by atoms with Crippen molar-refractivity contribution in [2.75, 3.05) is 13.1 Å². The molecular weight excluding hydrogens is 162 g/mol. The van der Waals surface area contributed by atoms with Crippen LogP contribution in [0.2, 0.25) is 0 Å². The molecule has 1 unspecified atom stereocenters. The van der Waals surface area contributed by atoms with E-state index in [1.165, 1.54) is 6.42 Å². The van der Waals surface area contributed by atoms with E-state index in [1.807, 2.05) is 19.3 Å². The van der Waals surface area contributed by atoms with E-state index >= 15 is 0 Å². The second-order valence-corrected chi connectivity index (χ2v) is 3.47. The van der Waals surface area contributed by atoms with Crippen molar-refractivity contribution in [3.05, 3.63) is 30.7 Å². The standard InChI is InChI=1S/C10H14N3/c1-8(13-4-3-5-13)10-6-11-9(2)12-7-10/h6-8H,1,3-5H2,2H3. The van der Waals surface area contributed by atoms with Gasteiger partial charge in [0.15, 0.2) is 0 Å². The highest BCUT2D eigenvalue weighted by Gasteiger charge is 2.21. The molecule has 0 spiro atoms. The summed E-state index contributed by atoms with van der Waals surface area (Å²) in [5.74, 6) is 0.819. The topological polar surface area (TPSA) is 29.0 Å². The smallest absolute Gasteiger partial charge is 0.125 e. The van der Waals surface area contributed by atoms with Crippen molar-refractivity contribution in [2.45, 2.75) is 19.4 Å². The Labute approximate surface area is 78.8 Å². The van der Waals surface area contributed by atoms with E-state index in [1.54, 1.807) is 0 Å². The lowest BCUT2D eigenvalue weighted by molar-refractivity contribution is 0.143. The Hall–Kier alpha value is -0.960. The largest absolute Gasteiger partial charge is 0.296 e. The zero-order valence-electron chi connectivity index (χ0n) is 7.90. The Morgan fingerprint density at radius 1 is 1.38 bits per heavy atom. The van der Waals surface area contributed by atoms with Crippen molar-refractivity contribution >= 4 is 0 Å². The summed E-state index contributed by atoms with van der Waals surface area (Å²) in [5.41, 5.74) is 1.12. The van der Waals surface area contributed by atoms with Crippen LogP contribution in [0.3, 0.4) is 0 Å². The molecule has 0 N–H and O–H groups in total. The van der Waals surface area contributed by atoms with Crippen molar-refractivity contribution in [3.63, 3.8) is 0 Å². The number of rotatable bonds is 2. The summed E-state index contributed by atoms with van der Waals surface area (Å²) < 4.78 is 0. The third-order valence-electron chi connectivity index (χ3n) is 2.52. The Balaban J connectivity index is 2.10. The highest BCUT2D eigenvalue weighted by atomic mass is 15.2. The molecule has 1 radical (unpaired) electrons. The number of hydrogen-bond acceptors (Lipinski definition) is 3. The van der Waals surface area contributed by atoms with Crippen LogP contribution < -0.4 is 0 Å². The fourth-order valence-electron chi connectivity index (χ4n) is 1.44. The van der Waals surface area contributed by atoms with Crippen LogP contribution in [0.15, 0.2) is 12.4 Å². The average molecular weight is 176 g/mol. The third-order valence-corrected chi connectivity index (χ3v) is 2.52. The van der Waals surface area contributed by atoms with Crippen LogP contribution in [0, 0.1) is 13.8 Å². The number of hydrogen-bond donors (Lipinski definition) is 0. The van der Waals surface area contributed by atoms with Crippen LogP contribution in [0.5, 0.6) is 0 Å². The van der Waals surface area contributed by atoms with Crippen molar-refractivity contribution in [1.29, 1.82) is 0 Å². The van der Waals surface area contributed by atoms with Gasteiger partial charge in [-0.05, 0) is 33.4 Å². The van der Waals surface area contributed by atoms with Gasteiger partial charge in [-0.1, -0.05) is 0 Å². The van der Waals surface area contributed by atoms with Crippen LogP contribution in [0.25, 0.3) is 0 Å². The van der Waals surface area contributed by atoms with Gasteiger partial charge in [-0.3, -0.25) is 4.90 Å². The SMILES string of the molecule is [CH2]C(c1cnc(C)nc1)N1CCC1. The zero-order chi connectivity index (χ0) is 9.26. The Morgan fingerprint density at radius 3 is 2.46 bits per heavy atom. The fraction of sp³-hybridized carbons (Fsp3) is 0.500. The van der Waals surface area contributed by atoms with Gasteiger partial charge in [0, 0.05) is 24.0 Å². The third kappa shape index (κ3) is 1.70. The number of aromatic nitrogens is 2. The van der Waals surface area contributed by atoms with Crippen molar-refractivity contribution in [3.8, 4) is 0 Å². The zero-order valence-corrected chi connectivity index (χ0v) is 7.90. The van der Waals surface area contributed by atoms with Gasteiger partial charge in [-0.15, -0.1) is 0 Å². The maximum absolute atomic E-state index is 4.16. The maximum atomic E-state index is 4.16. The molecule has 0 amide bonds. The van der Waals surface area contributed by atoms with E-state index < -0.39 is 0 Å². The van der Waals surface area contributed by atoms with Gasteiger partial charge >= 0.3 is 0 Å². The molecule has 1 aliphatic heterocycles. The van der Waals surface area contributed by atoms with Crippen molar-refractivity contribution in [2.24, 2.45) is 0 Å². The van der Waals surface area contributed by atoms with Crippen LogP contribution in [-0.4, -0.2) is 28.0 Å². The Kier molecular flexibility index (Phi) is 2.27. The first kappa shape index (κ1) is 8.63. The molecule has 1 saturated heterocycles. The molecule has 2 heterocycles. The van der Waals surface area contributed by atoms with Crippen LogP contribution >= 0.6 is 0 Å². The van der Waals surface area contributed by atoms with Gasteiger partial charge in [0.05, 0.1) is 0 Å². The molecule has 1 atom stereocenters. The molecule has 3 heteroatoms. The molecule has 1 fully saturated rings. The van der Waals surface area contributed by atoms with Gasteiger partial charge in [0.1, 0.15) is 5.82 Å². The molecule has 69 valence electrons. The van der Waals surface area contributed by atoms with E-state index in [-0.39, 0.29) is 6.04 Å². The van der Waals surface area contributed by atoms with Gasteiger partial charge < -0.3 is 0 Å². The molecule has 0 aromatic carbocycles. The molecule has 13 heavy (non-hydrogen) atoms. The molecule has 0 aliphatic carbocycles. The van der Waals surface area contributed by atoms with Crippen molar-refractivity contribution in [1.82, 2.24) is 14.9 Å². The molecule has 1 aliphatic rings. The van der Waals surface area contributed by atoms with Gasteiger partial charge in [0.25, 0.3) is 0 Å². The number of aryl methyl sites for hydroxylation is 1. The maximum Gasteiger partial charge on any atom is 0.125 e. The van der Waals surface area contributed by atoms with E-state index in [9.17, 15) is 0 Å². The molecule has 0 saturated carbocycles. The highest BCUT2D eigenvalue weighted by molar-refractivity contribution is 5.13. The summed E-state index contributed by atoms with van der Waals surface area (Å²) in [6.07, 6.45) is 5.04. The highest BCUT2D eigenvalue weighted by Crippen LogP contribution is 2.23. The van der Waals surface area contributed by atoms with Crippen molar-refractivity contribution < 1.29 is 0 Å². The first-order valence-corrected chi connectivity index (χ1v) is 4.63. The Morgan fingerprint density at radius 2 is 2.00 bits per heavy atom. The second-order valence-electron chi connectivity index (χ2n) is 3.47. The first-order valence-electron chi connectivity index (χ1n) is 4.63. The minimum atomic E-state index is 0.231. The quantitative estimate of drug-likeness (QED) is 0.681. The lowest BCUT2D eigenvalue weighted by Gasteiger charge is -2.36. The summed E-state index contributed by atoms with van der Waals surface area (Å²) in [7, 11) is 0. The van der Waals surface area contributed by atoms with E-state index in [4.69, 9.17) is 0 Å². The van der Waals surface area contributed by atoms with Gasteiger partial charge in [-0.25, -0.2) is 9.97 Å². The average Bonchev–Trinajstić information content (AvgIpc) is 2.02.